The number of alkyl carbamates (subject to hydrolysis) is 1. The molecule has 1 radical (unpaired) electrons. The van der Waals surface area contributed by atoms with Crippen LogP contribution in [0, 0.1) is 18.8 Å². The number of halogens is 2. The fourth-order valence-electron chi connectivity index (χ4n) is 4.18. The van der Waals surface area contributed by atoms with E-state index in [0.29, 0.717) is 31.2 Å². The molecule has 2 amide bonds. The van der Waals surface area contributed by atoms with Crippen molar-refractivity contribution in [3.8, 4) is 23.0 Å². The molecule has 4 rings (SSSR count). The standard InChI is InChI=1S/C28H36F2N3O6/c1-16-10-12-33(13-11-16)25(34)22-23(17(2)31-27(35)39-28(3,4)5)38-24(32-22)19-8-9-20(37-26(29)30)21(14-19)36-15-18-6-7-18/h8-9,14,16-18,26H,1,6-7,10-13,15H2,2-5H3,(H,31,35)/t17-/m0/s1. The van der Waals surface area contributed by atoms with Crippen molar-refractivity contribution in [3.63, 3.8) is 0 Å². The molecule has 1 aromatic heterocycles. The summed E-state index contributed by atoms with van der Waals surface area (Å²) in [5, 5.41) is 2.70. The topological polar surface area (TPSA) is 103 Å². The summed E-state index contributed by atoms with van der Waals surface area (Å²) in [7, 11) is 0. The maximum Gasteiger partial charge on any atom is 0.408 e. The van der Waals surface area contributed by atoms with E-state index in [-0.39, 0.29) is 40.7 Å². The Labute approximate surface area is 227 Å². The highest BCUT2D eigenvalue weighted by molar-refractivity contribution is 5.94. The normalized spacial score (nSPS) is 17.2. The molecule has 213 valence electrons. The van der Waals surface area contributed by atoms with Gasteiger partial charge in [0.1, 0.15) is 5.60 Å². The highest BCUT2D eigenvalue weighted by Crippen LogP contribution is 2.37. The Morgan fingerprint density at radius 1 is 1.18 bits per heavy atom. The smallest absolute Gasteiger partial charge is 0.408 e. The van der Waals surface area contributed by atoms with Gasteiger partial charge in [0.25, 0.3) is 5.91 Å². The van der Waals surface area contributed by atoms with Crippen molar-refractivity contribution in [1.29, 1.82) is 0 Å². The Kier molecular flexibility index (Phi) is 8.66. The molecule has 1 aromatic carbocycles. The predicted octanol–water partition coefficient (Wildman–Crippen LogP) is 6.00. The van der Waals surface area contributed by atoms with Crippen LogP contribution in [0.15, 0.2) is 22.6 Å². The second kappa shape index (κ2) is 11.8. The number of amides is 2. The van der Waals surface area contributed by atoms with E-state index < -0.39 is 24.3 Å². The van der Waals surface area contributed by atoms with Crippen LogP contribution in [0.25, 0.3) is 11.5 Å². The maximum atomic E-state index is 13.5. The first kappa shape index (κ1) is 28.6. The maximum absolute atomic E-state index is 13.5. The van der Waals surface area contributed by atoms with Gasteiger partial charge in [0.2, 0.25) is 5.89 Å². The molecule has 0 bridgehead atoms. The zero-order valence-corrected chi connectivity index (χ0v) is 22.8. The third kappa shape index (κ3) is 7.83. The van der Waals surface area contributed by atoms with Crippen LogP contribution in [0.1, 0.15) is 75.7 Å². The van der Waals surface area contributed by atoms with Crippen LogP contribution in [0.3, 0.4) is 0 Å². The summed E-state index contributed by atoms with van der Waals surface area (Å²) in [5.74, 6) is 0.597. The number of ether oxygens (including phenoxy) is 3. The average Bonchev–Trinajstić information content (AvgIpc) is 3.57. The number of oxazole rings is 1. The number of benzene rings is 1. The number of carbonyl (C=O) groups is 2. The molecular formula is C28H36F2N3O6. The SMILES string of the molecule is [CH2]C1CCN(C(=O)c2nc(-c3ccc(OC(F)F)c(OCC4CC4)c3)oc2[C@H](C)NC(=O)OC(C)(C)C)CC1. The number of alkyl halides is 2. The molecule has 2 fully saturated rings. The summed E-state index contributed by atoms with van der Waals surface area (Å²) in [6.45, 7) is 9.40. The van der Waals surface area contributed by atoms with E-state index in [1.54, 1.807) is 32.6 Å². The molecule has 0 unspecified atom stereocenters. The molecule has 2 aromatic rings. The number of nitrogens with one attached hydrogen (secondary N) is 1. The van der Waals surface area contributed by atoms with Crippen LogP contribution < -0.4 is 14.8 Å². The van der Waals surface area contributed by atoms with E-state index in [4.69, 9.17) is 13.9 Å². The van der Waals surface area contributed by atoms with Crippen molar-refractivity contribution in [2.24, 2.45) is 11.8 Å². The van der Waals surface area contributed by atoms with Gasteiger partial charge in [-0.15, -0.1) is 0 Å². The number of carbonyl (C=O) groups excluding carboxylic acids is 2. The Morgan fingerprint density at radius 3 is 2.49 bits per heavy atom. The molecule has 2 heterocycles. The van der Waals surface area contributed by atoms with Gasteiger partial charge in [-0.3, -0.25) is 4.79 Å². The van der Waals surface area contributed by atoms with Crippen molar-refractivity contribution >= 4 is 12.0 Å². The first-order valence-electron chi connectivity index (χ1n) is 13.2. The van der Waals surface area contributed by atoms with Crippen molar-refractivity contribution in [2.75, 3.05) is 19.7 Å². The Hall–Kier alpha value is -3.37. The molecule has 1 saturated carbocycles. The minimum absolute atomic E-state index is 0.0597. The quantitative estimate of drug-likeness (QED) is 0.410. The van der Waals surface area contributed by atoms with Gasteiger partial charge in [0.15, 0.2) is 23.0 Å². The van der Waals surface area contributed by atoms with E-state index in [1.165, 1.54) is 18.2 Å². The van der Waals surface area contributed by atoms with Gasteiger partial charge >= 0.3 is 12.7 Å². The Morgan fingerprint density at radius 2 is 1.87 bits per heavy atom. The van der Waals surface area contributed by atoms with Gasteiger partial charge in [-0.2, -0.15) is 8.78 Å². The largest absolute Gasteiger partial charge is 0.489 e. The van der Waals surface area contributed by atoms with Gasteiger partial charge in [-0.05, 0) is 83.4 Å². The number of nitrogens with zero attached hydrogens (tertiary/aromatic N) is 2. The molecule has 1 atom stereocenters. The number of hydrogen-bond acceptors (Lipinski definition) is 7. The second-order valence-electron chi connectivity index (χ2n) is 11.1. The molecule has 1 N–H and O–H groups in total. The summed E-state index contributed by atoms with van der Waals surface area (Å²) in [4.78, 5) is 32.2. The van der Waals surface area contributed by atoms with Gasteiger partial charge < -0.3 is 28.8 Å². The van der Waals surface area contributed by atoms with E-state index in [9.17, 15) is 18.4 Å². The monoisotopic (exact) mass is 548 g/mol. The van der Waals surface area contributed by atoms with Crippen LogP contribution in [0.4, 0.5) is 13.6 Å². The highest BCUT2D eigenvalue weighted by Gasteiger charge is 2.32. The molecule has 11 heteroatoms. The third-order valence-corrected chi connectivity index (χ3v) is 6.46. The van der Waals surface area contributed by atoms with Gasteiger partial charge in [-0.1, -0.05) is 6.92 Å². The van der Waals surface area contributed by atoms with Gasteiger partial charge in [-0.25, -0.2) is 9.78 Å². The fourth-order valence-corrected chi connectivity index (χ4v) is 4.18. The lowest BCUT2D eigenvalue weighted by atomic mass is 9.99. The first-order valence-corrected chi connectivity index (χ1v) is 13.2. The zero-order valence-electron chi connectivity index (χ0n) is 22.8. The molecule has 9 nitrogen and oxygen atoms in total. The Bertz CT molecular complexity index is 1170. The van der Waals surface area contributed by atoms with Crippen molar-refractivity contribution in [2.45, 2.75) is 71.6 Å². The lowest BCUT2D eigenvalue weighted by Crippen LogP contribution is -2.39. The minimum atomic E-state index is -3.01. The van der Waals surface area contributed by atoms with Crippen molar-refractivity contribution in [3.05, 3.63) is 36.6 Å². The van der Waals surface area contributed by atoms with Crippen LogP contribution in [-0.4, -0.2) is 53.8 Å². The molecule has 1 aliphatic heterocycles. The minimum Gasteiger partial charge on any atom is -0.489 e. The summed E-state index contributed by atoms with van der Waals surface area (Å²) in [6.07, 6.45) is 2.91. The molecular weight excluding hydrogens is 512 g/mol. The van der Waals surface area contributed by atoms with E-state index in [0.717, 1.165) is 25.7 Å². The lowest BCUT2D eigenvalue weighted by molar-refractivity contribution is -0.0515. The van der Waals surface area contributed by atoms with E-state index in [1.807, 2.05) is 0 Å². The van der Waals surface area contributed by atoms with E-state index >= 15 is 0 Å². The highest BCUT2D eigenvalue weighted by atomic mass is 19.3. The van der Waals surface area contributed by atoms with Gasteiger partial charge in [0.05, 0.1) is 12.6 Å². The zero-order chi connectivity index (χ0) is 28.3. The number of likely N-dealkylation sites (tertiary alicyclic amines) is 1. The summed E-state index contributed by atoms with van der Waals surface area (Å²) in [5.41, 5.74) is -0.250. The summed E-state index contributed by atoms with van der Waals surface area (Å²) >= 11 is 0. The molecule has 39 heavy (non-hydrogen) atoms. The molecule has 2 aliphatic rings. The van der Waals surface area contributed by atoms with Crippen molar-refractivity contribution < 1.29 is 37.0 Å². The summed E-state index contributed by atoms with van der Waals surface area (Å²) < 4.78 is 47.8. The van der Waals surface area contributed by atoms with Crippen LogP contribution in [0.5, 0.6) is 11.5 Å². The first-order chi connectivity index (χ1) is 18.4. The number of piperidine rings is 1. The van der Waals surface area contributed by atoms with Gasteiger partial charge in [0, 0.05) is 18.7 Å². The Balaban J connectivity index is 1.66. The lowest BCUT2D eigenvalue weighted by Gasteiger charge is -2.30. The number of rotatable bonds is 9. The average molecular weight is 549 g/mol. The van der Waals surface area contributed by atoms with Crippen LogP contribution in [-0.2, 0) is 4.74 Å². The number of hydrogen-bond donors (Lipinski definition) is 1. The van der Waals surface area contributed by atoms with Crippen LogP contribution in [0.2, 0.25) is 0 Å². The predicted molar refractivity (Wildman–Crippen MR) is 139 cm³/mol. The van der Waals surface area contributed by atoms with Crippen LogP contribution >= 0.6 is 0 Å². The molecule has 1 saturated heterocycles. The molecule has 0 spiro atoms. The second-order valence-corrected chi connectivity index (χ2v) is 11.1. The summed E-state index contributed by atoms with van der Waals surface area (Å²) in [6, 6.07) is 3.62. The number of aromatic nitrogens is 1. The van der Waals surface area contributed by atoms with Crippen molar-refractivity contribution in [1.82, 2.24) is 15.2 Å². The fraction of sp³-hybridized carbons (Fsp3) is 0.571. The van der Waals surface area contributed by atoms with E-state index in [2.05, 4.69) is 22.0 Å². The third-order valence-electron chi connectivity index (χ3n) is 6.46. The molecule has 1 aliphatic carbocycles.